The van der Waals surface area contributed by atoms with Gasteiger partial charge in [-0.05, 0) is 73.1 Å². The van der Waals surface area contributed by atoms with Gasteiger partial charge in [-0.15, -0.1) is 0 Å². The van der Waals surface area contributed by atoms with Gasteiger partial charge in [0.1, 0.15) is 17.5 Å². The number of carbonyl (C=O) groups excluding carboxylic acids is 2. The minimum absolute atomic E-state index is 0.161. The largest absolute Gasteiger partial charge is 0.382 e. The molecule has 0 spiro atoms. The molecular formula is C29H30ClN7O2. The Morgan fingerprint density at radius 3 is 2.67 bits per heavy atom. The van der Waals surface area contributed by atoms with Crippen LogP contribution in [0.4, 0.5) is 5.82 Å². The Kier molecular flexibility index (Phi) is 7.34. The van der Waals surface area contributed by atoms with E-state index in [1.54, 1.807) is 46.5 Å². The van der Waals surface area contributed by atoms with E-state index in [0.29, 0.717) is 34.6 Å². The van der Waals surface area contributed by atoms with E-state index in [9.17, 15) is 15.0 Å². The second kappa shape index (κ2) is 10.9. The van der Waals surface area contributed by atoms with Crippen molar-refractivity contribution in [2.24, 2.45) is 22.6 Å². The zero-order valence-corrected chi connectivity index (χ0v) is 22.4. The number of pyridine rings is 1. The number of amides is 2. The molecule has 200 valence electrons. The second-order valence-corrected chi connectivity index (χ2v) is 10.4. The first-order valence-electron chi connectivity index (χ1n) is 12.8. The highest BCUT2D eigenvalue weighted by Gasteiger charge is 2.49. The lowest BCUT2D eigenvalue weighted by Crippen LogP contribution is -2.49. The number of amidine groups is 2. The van der Waals surface area contributed by atoms with Gasteiger partial charge in [0, 0.05) is 35.7 Å². The van der Waals surface area contributed by atoms with E-state index in [2.05, 4.69) is 21.9 Å². The minimum Gasteiger partial charge on any atom is -0.382 e. The molecule has 1 aliphatic carbocycles. The van der Waals surface area contributed by atoms with E-state index in [4.69, 9.17) is 17.3 Å². The van der Waals surface area contributed by atoms with Crippen LogP contribution in [-0.4, -0.2) is 50.9 Å². The second-order valence-electron chi connectivity index (χ2n) is 9.93. The van der Waals surface area contributed by atoms with Gasteiger partial charge in [0.15, 0.2) is 0 Å². The standard InChI is InChI=1S/C29H30ClN7O2/c1-3-24(38)37-16-20-5-4-6-22(20)26(37)28(32)36-14-13-34-27(31)25(36)17(2)18-7-9-19(10-8-18)29(39)35-23-15-21(30)11-12-33-23/h3,7-15,20,22,26,32H,1,4-6,16H2,2H3,(H2,31,34)(H,33,35,39)/b25-17+,32-28?. The lowest BCUT2D eigenvalue weighted by atomic mass is 9.92. The Hall–Kier alpha value is -4.24. The van der Waals surface area contributed by atoms with Gasteiger partial charge in [-0.25, -0.2) is 9.98 Å². The molecule has 3 unspecified atom stereocenters. The van der Waals surface area contributed by atoms with Gasteiger partial charge in [-0.3, -0.25) is 19.9 Å². The van der Waals surface area contributed by atoms with Crippen LogP contribution in [0.2, 0.25) is 5.02 Å². The first-order valence-corrected chi connectivity index (χ1v) is 13.2. The predicted molar refractivity (Wildman–Crippen MR) is 153 cm³/mol. The van der Waals surface area contributed by atoms with Crippen molar-refractivity contribution in [2.75, 3.05) is 11.9 Å². The summed E-state index contributed by atoms with van der Waals surface area (Å²) in [5, 5.41) is 12.5. The van der Waals surface area contributed by atoms with Gasteiger partial charge >= 0.3 is 0 Å². The van der Waals surface area contributed by atoms with Crippen LogP contribution in [0.25, 0.3) is 5.57 Å². The molecule has 2 fully saturated rings. The average molecular weight is 544 g/mol. The van der Waals surface area contributed by atoms with Crippen LogP contribution in [0, 0.1) is 17.2 Å². The minimum atomic E-state index is -0.368. The summed E-state index contributed by atoms with van der Waals surface area (Å²) in [4.78, 5) is 37.4. The highest BCUT2D eigenvalue weighted by Crippen LogP contribution is 2.43. The maximum Gasteiger partial charge on any atom is 0.256 e. The van der Waals surface area contributed by atoms with Crippen LogP contribution < -0.4 is 11.1 Å². The molecule has 1 saturated carbocycles. The van der Waals surface area contributed by atoms with Gasteiger partial charge in [-0.2, -0.15) is 0 Å². The molecule has 2 amide bonds. The molecule has 3 aliphatic rings. The summed E-state index contributed by atoms with van der Waals surface area (Å²) >= 11 is 5.98. The van der Waals surface area contributed by atoms with Gasteiger partial charge in [0.25, 0.3) is 5.91 Å². The summed E-state index contributed by atoms with van der Waals surface area (Å²) in [6, 6.07) is 9.92. The fourth-order valence-corrected chi connectivity index (χ4v) is 5.98. The van der Waals surface area contributed by atoms with E-state index in [1.807, 2.05) is 19.1 Å². The van der Waals surface area contributed by atoms with Crippen LogP contribution >= 0.6 is 11.6 Å². The number of allylic oxidation sites excluding steroid dienone is 1. The molecular weight excluding hydrogens is 514 g/mol. The molecule has 3 heterocycles. The average Bonchev–Trinajstić information content (AvgIpc) is 3.53. The van der Waals surface area contributed by atoms with Gasteiger partial charge < -0.3 is 16.0 Å². The number of fused-ring (bicyclic) bond motifs is 1. The molecule has 5 rings (SSSR count). The molecule has 0 radical (unpaired) electrons. The molecule has 2 aromatic rings. The summed E-state index contributed by atoms with van der Waals surface area (Å²) in [5.74, 6) is 1.06. The molecule has 10 heteroatoms. The molecule has 0 bridgehead atoms. The molecule has 2 aliphatic heterocycles. The Bertz CT molecular complexity index is 1430. The van der Waals surface area contributed by atoms with Crippen molar-refractivity contribution in [1.82, 2.24) is 14.8 Å². The number of carbonyl (C=O) groups is 2. The van der Waals surface area contributed by atoms with Crippen LogP contribution in [0.15, 0.2) is 78.3 Å². The first kappa shape index (κ1) is 26.4. The molecule has 4 N–H and O–H groups in total. The molecule has 1 aromatic carbocycles. The number of benzene rings is 1. The predicted octanol–water partition coefficient (Wildman–Crippen LogP) is 4.65. The van der Waals surface area contributed by atoms with Crippen molar-refractivity contribution in [1.29, 1.82) is 5.41 Å². The zero-order chi connectivity index (χ0) is 27.7. The van der Waals surface area contributed by atoms with Crippen molar-refractivity contribution in [2.45, 2.75) is 32.2 Å². The molecule has 1 aromatic heterocycles. The topological polar surface area (TPSA) is 128 Å². The normalized spacial score (nSPS) is 23.2. The smallest absolute Gasteiger partial charge is 0.256 e. The number of halogens is 1. The summed E-state index contributed by atoms with van der Waals surface area (Å²) < 4.78 is 0. The van der Waals surface area contributed by atoms with Gasteiger partial charge in [0.05, 0.1) is 11.7 Å². The number of hydrogen-bond donors (Lipinski definition) is 3. The number of aliphatic imine (C=N–C) groups is 1. The summed E-state index contributed by atoms with van der Waals surface area (Å²) in [7, 11) is 0. The van der Waals surface area contributed by atoms with Crippen molar-refractivity contribution < 1.29 is 9.59 Å². The Morgan fingerprint density at radius 1 is 1.21 bits per heavy atom. The number of likely N-dealkylation sites (tertiary alicyclic amines) is 1. The summed E-state index contributed by atoms with van der Waals surface area (Å²) in [6.07, 6.45) is 9.27. The summed E-state index contributed by atoms with van der Waals surface area (Å²) in [6.45, 7) is 6.21. The third-order valence-corrected chi connectivity index (χ3v) is 7.93. The van der Waals surface area contributed by atoms with Crippen molar-refractivity contribution in [3.05, 3.63) is 89.5 Å². The number of nitrogens with zero attached hydrogens (tertiary/aromatic N) is 4. The highest BCUT2D eigenvalue weighted by molar-refractivity contribution is 6.30. The molecule has 1 saturated heterocycles. The Labute approximate surface area is 232 Å². The van der Waals surface area contributed by atoms with Crippen LogP contribution in [0.1, 0.15) is 42.1 Å². The Morgan fingerprint density at radius 2 is 1.95 bits per heavy atom. The van der Waals surface area contributed by atoms with E-state index < -0.39 is 0 Å². The number of aromatic nitrogens is 1. The number of rotatable bonds is 5. The van der Waals surface area contributed by atoms with Crippen LogP contribution in [0.5, 0.6) is 0 Å². The number of anilines is 1. The van der Waals surface area contributed by atoms with E-state index >= 15 is 0 Å². The first-order chi connectivity index (χ1) is 18.8. The third-order valence-electron chi connectivity index (χ3n) is 7.70. The van der Waals surface area contributed by atoms with Crippen LogP contribution in [0.3, 0.4) is 0 Å². The number of nitrogens with two attached hydrogens (primary N) is 1. The molecule has 9 nitrogen and oxygen atoms in total. The Balaban J connectivity index is 1.42. The highest BCUT2D eigenvalue weighted by atomic mass is 35.5. The third kappa shape index (κ3) is 5.09. The number of nitrogens with one attached hydrogen (secondary N) is 2. The fourth-order valence-electron chi connectivity index (χ4n) is 5.83. The van der Waals surface area contributed by atoms with Gasteiger partial charge in [-0.1, -0.05) is 36.7 Å². The number of hydrogen-bond acceptors (Lipinski definition) is 6. The van der Waals surface area contributed by atoms with Crippen molar-refractivity contribution in [3.8, 4) is 0 Å². The van der Waals surface area contributed by atoms with Crippen molar-refractivity contribution in [3.63, 3.8) is 0 Å². The van der Waals surface area contributed by atoms with Gasteiger partial charge in [0.2, 0.25) is 5.91 Å². The fraction of sp³-hybridized carbons (Fsp3) is 0.276. The summed E-state index contributed by atoms with van der Waals surface area (Å²) in [5.41, 5.74) is 9.01. The van der Waals surface area contributed by atoms with E-state index in [0.717, 1.165) is 30.4 Å². The SMILES string of the molecule is C=CC(=O)N1CC2CCCC2C1C(=N)N1C=CN=C(N)/C1=C(/C)c1ccc(C(=O)Nc2cc(Cl)ccn2)cc1. The van der Waals surface area contributed by atoms with Crippen LogP contribution in [-0.2, 0) is 4.79 Å². The molecule has 3 atom stereocenters. The lowest BCUT2D eigenvalue weighted by Gasteiger charge is -2.35. The lowest BCUT2D eigenvalue weighted by molar-refractivity contribution is -0.126. The van der Waals surface area contributed by atoms with Crippen molar-refractivity contribution >= 4 is 46.5 Å². The zero-order valence-electron chi connectivity index (χ0n) is 21.6. The van der Waals surface area contributed by atoms with E-state index in [1.165, 1.54) is 12.3 Å². The maximum atomic E-state index is 12.7. The van der Waals surface area contributed by atoms with E-state index in [-0.39, 0.29) is 35.4 Å². The quantitative estimate of drug-likeness (QED) is 0.287. The maximum absolute atomic E-state index is 12.7. The molecule has 39 heavy (non-hydrogen) atoms. The monoisotopic (exact) mass is 543 g/mol.